The zero-order valence-corrected chi connectivity index (χ0v) is 17.4. The molecule has 162 valence electrons. The highest BCUT2D eigenvalue weighted by molar-refractivity contribution is 5.98. The summed E-state index contributed by atoms with van der Waals surface area (Å²) in [6, 6.07) is -0.851. The first-order valence-corrected chi connectivity index (χ1v) is 10.4. The molecule has 0 spiro atoms. The Morgan fingerprint density at radius 2 is 2.03 bits per heavy atom. The Labute approximate surface area is 170 Å². The van der Waals surface area contributed by atoms with Gasteiger partial charge in [-0.05, 0) is 19.4 Å². The van der Waals surface area contributed by atoms with Crippen molar-refractivity contribution < 1.29 is 23.5 Å². The maximum atomic E-state index is 14.1. The average molecular weight is 410 g/mol. The lowest BCUT2D eigenvalue weighted by Crippen LogP contribution is -2.45. The number of likely N-dealkylation sites (tertiary alicyclic amines) is 2. The number of hydrogen-bond donors (Lipinski definition) is 1. The van der Waals surface area contributed by atoms with Crippen molar-refractivity contribution in [1.29, 1.82) is 0 Å². The number of alkyl halides is 1. The Hall–Kier alpha value is -1.87. The zero-order chi connectivity index (χ0) is 21.2. The number of aliphatic hydroxyl groups excluding tert-OH is 1. The summed E-state index contributed by atoms with van der Waals surface area (Å²) in [5.41, 5.74) is -0.406. The first-order chi connectivity index (χ1) is 13.7. The number of rotatable bonds is 6. The van der Waals surface area contributed by atoms with E-state index in [9.17, 15) is 19.1 Å². The predicted octanol–water partition coefficient (Wildman–Crippen LogP) is 1.73. The topological polar surface area (TPSA) is 99.8 Å². The molecule has 0 aromatic carbocycles. The normalized spacial score (nSPS) is 26.1. The Kier molecular flexibility index (Phi) is 6.68. The van der Waals surface area contributed by atoms with Crippen molar-refractivity contribution >= 4 is 11.7 Å². The number of amides is 1. The molecule has 9 heteroatoms. The molecule has 8 nitrogen and oxygen atoms in total. The number of halogens is 1. The van der Waals surface area contributed by atoms with Gasteiger partial charge in [0.05, 0.1) is 13.2 Å². The molecule has 2 saturated heterocycles. The summed E-state index contributed by atoms with van der Waals surface area (Å²) in [5, 5.41) is 17.3. The van der Waals surface area contributed by atoms with Gasteiger partial charge in [0, 0.05) is 30.8 Å². The van der Waals surface area contributed by atoms with Crippen molar-refractivity contribution in [3.05, 3.63) is 11.8 Å². The molecule has 0 saturated carbocycles. The molecular weight excluding hydrogens is 379 g/mol. The summed E-state index contributed by atoms with van der Waals surface area (Å²) in [5.74, 6) is -0.620. The second-order valence-electron chi connectivity index (χ2n) is 9.04. The van der Waals surface area contributed by atoms with Gasteiger partial charge < -0.3 is 14.4 Å². The van der Waals surface area contributed by atoms with Crippen molar-refractivity contribution in [2.24, 2.45) is 0 Å². The lowest BCUT2D eigenvalue weighted by atomic mass is 9.97. The van der Waals surface area contributed by atoms with Gasteiger partial charge in [0.2, 0.25) is 17.6 Å². The lowest BCUT2D eigenvalue weighted by Gasteiger charge is -2.34. The third-order valence-corrected chi connectivity index (χ3v) is 5.72. The fourth-order valence-corrected chi connectivity index (χ4v) is 4.02. The zero-order valence-electron chi connectivity index (χ0n) is 17.4. The number of carbonyl (C=O) groups excluding carboxylic acids is 2. The molecule has 3 rings (SSSR count). The SMILES string of the molecule is CC(C)(C)c1nnc(C(=O)C2C[C@H](F)CN2C(=O)CCN2CCCCC2CO)o1. The summed E-state index contributed by atoms with van der Waals surface area (Å²) in [6.07, 6.45) is 1.90. The van der Waals surface area contributed by atoms with E-state index in [-0.39, 0.29) is 43.8 Å². The molecule has 0 aliphatic carbocycles. The molecule has 1 aromatic heterocycles. The lowest BCUT2D eigenvalue weighted by molar-refractivity contribution is -0.132. The monoisotopic (exact) mass is 410 g/mol. The molecular formula is C20H31FN4O4. The molecule has 2 unspecified atom stereocenters. The third-order valence-electron chi connectivity index (χ3n) is 5.72. The molecule has 2 aliphatic rings. The Balaban J connectivity index is 1.65. The highest BCUT2D eigenvalue weighted by Crippen LogP contribution is 2.27. The molecule has 0 bridgehead atoms. The molecule has 1 N–H and O–H groups in total. The van der Waals surface area contributed by atoms with Gasteiger partial charge in [0.1, 0.15) is 12.2 Å². The van der Waals surface area contributed by atoms with Gasteiger partial charge in [-0.25, -0.2) is 4.39 Å². The Bertz CT molecular complexity index is 732. The van der Waals surface area contributed by atoms with E-state index in [4.69, 9.17) is 4.42 Å². The highest BCUT2D eigenvalue weighted by atomic mass is 19.1. The van der Waals surface area contributed by atoms with Gasteiger partial charge in [0.15, 0.2) is 0 Å². The van der Waals surface area contributed by atoms with Crippen LogP contribution in [0.3, 0.4) is 0 Å². The number of aliphatic hydroxyl groups is 1. The van der Waals surface area contributed by atoms with E-state index in [1.807, 2.05) is 20.8 Å². The van der Waals surface area contributed by atoms with Crippen LogP contribution < -0.4 is 0 Å². The fraction of sp³-hybridized carbons (Fsp3) is 0.800. The van der Waals surface area contributed by atoms with Crippen LogP contribution in [0.4, 0.5) is 4.39 Å². The van der Waals surface area contributed by atoms with Crippen molar-refractivity contribution in [3.8, 4) is 0 Å². The largest absolute Gasteiger partial charge is 0.418 e. The standard InChI is InChI=1S/C20H31FN4O4/c1-20(2,3)19-23-22-18(29-19)17(28)15-10-13(21)11-25(15)16(27)7-9-24-8-5-4-6-14(24)12-26/h13-15,26H,4-12H2,1-3H3/t13-,14?,15?/m0/s1. The minimum atomic E-state index is -1.25. The minimum absolute atomic E-state index is 0.0548. The summed E-state index contributed by atoms with van der Waals surface area (Å²) in [6.45, 7) is 6.96. The summed E-state index contributed by atoms with van der Waals surface area (Å²) >= 11 is 0. The number of ketones is 1. The van der Waals surface area contributed by atoms with E-state index in [1.165, 1.54) is 4.90 Å². The quantitative estimate of drug-likeness (QED) is 0.713. The van der Waals surface area contributed by atoms with Crippen LogP contribution in [0, 0.1) is 0 Å². The first kappa shape index (κ1) is 21.8. The number of hydrogen-bond acceptors (Lipinski definition) is 7. The smallest absolute Gasteiger partial charge is 0.286 e. The number of Topliss-reactive ketones (excluding diaryl/α,β-unsaturated/α-hetero) is 1. The molecule has 2 aliphatic heterocycles. The molecule has 1 amide bonds. The number of aromatic nitrogens is 2. The van der Waals surface area contributed by atoms with Crippen LogP contribution in [0.25, 0.3) is 0 Å². The summed E-state index contributed by atoms with van der Waals surface area (Å²) in [4.78, 5) is 29.1. The predicted molar refractivity (Wildman–Crippen MR) is 103 cm³/mol. The third kappa shape index (κ3) is 5.01. The number of nitrogens with zero attached hydrogens (tertiary/aromatic N) is 4. The van der Waals surface area contributed by atoms with Crippen LogP contribution in [0.2, 0.25) is 0 Å². The van der Waals surface area contributed by atoms with Gasteiger partial charge in [0.25, 0.3) is 5.89 Å². The van der Waals surface area contributed by atoms with Crippen molar-refractivity contribution in [1.82, 2.24) is 20.0 Å². The second-order valence-corrected chi connectivity index (χ2v) is 9.04. The van der Waals surface area contributed by atoms with Crippen molar-refractivity contribution in [3.63, 3.8) is 0 Å². The van der Waals surface area contributed by atoms with Crippen LogP contribution in [0.15, 0.2) is 4.42 Å². The van der Waals surface area contributed by atoms with E-state index in [0.29, 0.717) is 12.4 Å². The molecule has 0 radical (unpaired) electrons. The van der Waals surface area contributed by atoms with Crippen molar-refractivity contribution in [2.75, 3.05) is 26.2 Å². The van der Waals surface area contributed by atoms with E-state index in [2.05, 4.69) is 15.1 Å². The average Bonchev–Trinajstić information content (AvgIpc) is 3.32. The molecule has 3 heterocycles. The van der Waals surface area contributed by atoms with Crippen LogP contribution in [0.1, 0.15) is 69.5 Å². The molecule has 2 fully saturated rings. The van der Waals surface area contributed by atoms with Crippen molar-refractivity contribution in [2.45, 2.75) is 76.5 Å². The fourth-order valence-electron chi connectivity index (χ4n) is 4.02. The Morgan fingerprint density at radius 1 is 1.28 bits per heavy atom. The van der Waals surface area contributed by atoms with Gasteiger partial charge in [-0.15, -0.1) is 10.2 Å². The van der Waals surface area contributed by atoms with Crippen LogP contribution >= 0.6 is 0 Å². The van der Waals surface area contributed by atoms with Crippen LogP contribution in [0.5, 0.6) is 0 Å². The van der Waals surface area contributed by atoms with Crippen LogP contribution in [-0.2, 0) is 10.2 Å². The highest BCUT2D eigenvalue weighted by Gasteiger charge is 2.42. The molecule has 1 aromatic rings. The van der Waals surface area contributed by atoms with Gasteiger partial charge in [-0.3, -0.25) is 14.5 Å². The minimum Gasteiger partial charge on any atom is -0.418 e. The first-order valence-electron chi connectivity index (χ1n) is 10.4. The Morgan fingerprint density at radius 3 is 2.69 bits per heavy atom. The van der Waals surface area contributed by atoms with Gasteiger partial charge >= 0.3 is 0 Å². The van der Waals surface area contributed by atoms with Crippen LogP contribution in [-0.4, -0.2) is 81.3 Å². The number of carbonyl (C=O) groups is 2. The molecule has 3 atom stereocenters. The maximum Gasteiger partial charge on any atom is 0.286 e. The summed E-state index contributed by atoms with van der Waals surface area (Å²) in [7, 11) is 0. The van der Waals surface area contributed by atoms with Gasteiger partial charge in [-0.1, -0.05) is 27.2 Å². The van der Waals surface area contributed by atoms with E-state index < -0.39 is 23.4 Å². The number of piperidine rings is 1. The summed E-state index contributed by atoms with van der Waals surface area (Å²) < 4.78 is 19.6. The molecule has 29 heavy (non-hydrogen) atoms. The van der Waals surface area contributed by atoms with E-state index in [0.717, 1.165) is 25.8 Å². The van der Waals surface area contributed by atoms with Gasteiger partial charge in [-0.2, -0.15) is 0 Å². The maximum absolute atomic E-state index is 14.1. The van der Waals surface area contributed by atoms with E-state index in [1.54, 1.807) is 0 Å². The second kappa shape index (κ2) is 8.87. The van der Waals surface area contributed by atoms with E-state index >= 15 is 0 Å².